The quantitative estimate of drug-likeness (QED) is 0.590. The van der Waals surface area contributed by atoms with Crippen LogP contribution in [0.1, 0.15) is 24.6 Å². The van der Waals surface area contributed by atoms with Gasteiger partial charge in [-0.3, -0.25) is 4.79 Å². The van der Waals surface area contributed by atoms with Gasteiger partial charge in [-0.15, -0.1) is 0 Å². The summed E-state index contributed by atoms with van der Waals surface area (Å²) in [5.74, 6) is -0.412. The average Bonchev–Trinajstić information content (AvgIpc) is 2.31. The highest BCUT2D eigenvalue weighted by Gasteiger charge is 2.19. The zero-order valence-electron chi connectivity index (χ0n) is 9.87. The fraction of sp³-hybridized carbons (Fsp3) is 0.455. The lowest BCUT2D eigenvalue weighted by atomic mass is 10.2. The smallest absolute Gasteiger partial charge is 0.310 e. The zero-order valence-corrected chi connectivity index (χ0v) is 12.0. The maximum absolute atomic E-state index is 12.6. The molecule has 1 aromatic rings. The zero-order chi connectivity index (χ0) is 13.7. The minimum absolute atomic E-state index is 0.0326. The molecular formula is C11H12F2INO3. The molecule has 0 saturated heterocycles. The van der Waals surface area contributed by atoms with Gasteiger partial charge >= 0.3 is 5.97 Å². The second-order valence-electron chi connectivity index (χ2n) is 3.30. The number of carbonyl (C=O) groups excluding carboxylic acids is 1. The van der Waals surface area contributed by atoms with Gasteiger partial charge in [0.05, 0.1) is 20.1 Å². The third kappa shape index (κ3) is 3.76. The van der Waals surface area contributed by atoms with E-state index >= 15 is 0 Å². The molecule has 0 bridgehead atoms. The van der Waals surface area contributed by atoms with Crippen molar-refractivity contribution in [3.05, 3.63) is 20.9 Å². The van der Waals surface area contributed by atoms with Gasteiger partial charge in [0.2, 0.25) is 5.88 Å². The van der Waals surface area contributed by atoms with Crippen LogP contribution in [0.25, 0.3) is 0 Å². The molecule has 1 aromatic heterocycles. The molecule has 0 aliphatic heterocycles. The fourth-order valence-electron chi connectivity index (χ4n) is 1.33. The molecule has 7 heteroatoms. The van der Waals surface area contributed by atoms with E-state index in [1.54, 1.807) is 6.92 Å². The van der Waals surface area contributed by atoms with Crippen LogP contribution in [0.2, 0.25) is 0 Å². The summed E-state index contributed by atoms with van der Waals surface area (Å²) < 4.78 is 35.4. The Morgan fingerprint density at radius 1 is 1.56 bits per heavy atom. The number of alkyl halides is 2. The largest absolute Gasteiger partial charge is 0.481 e. The highest BCUT2D eigenvalue weighted by atomic mass is 127. The summed E-state index contributed by atoms with van der Waals surface area (Å²) in [4.78, 5) is 15.1. The third-order valence-corrected chi connectivity index (χ3v) is 3.06. The van der Waals surface area contributed by atoms with Gasteiger partial charge in [-0.25, -0.2) is 13.8 Å². The average molecular weight is 371 g/mol. The van der Waals surface area contributed by atoms with E-state index in [2.05, 4.69) is 4.98 Å². The topological polar surface area (TPSA) is 48.4 Å². The van der Waals surface area contributed by atoms with Crippen molar-refractivity contribution in [3.8, 4) is 5.88 Å². The number of nitrogens with zero attached hydrogens (tertiary/aromatic N) is 1. The first kappa shape index (κ1) is 15.1. The summed E-state index contributed by atoms with van der Waals surface area (Å²) in [7, 11) is 1.32. The lowest BCUT2D eigenvalue weighted by molar-refractivity contribution is -0.142. The highest BCUT2D eigenvalue weighted by Crippen LogP contribution is 2.28. The minimum atomic E-state index is -2.68. The Balaban J connectivity index is 3.07. The van der Waals surface area contributed by atoms with Crippen molar-refractivity contribution < 1.29 is 23.0 Å². The molecule has 0 atom stereocenters. The van der Waals surface area contributed by atoms with Crippen LogP contribution in [0.3, 0.4) is 0 Å². The van der Waals surface area contributed by atoms with Crippen molar-refractivity contribution in [2.45, 2.75) is 19.8 Å². The number of halogens is 3. The SMILES string of the molecule is CCOC(=O)Cc1c(I)cc(C(F)F)nc1OC. The number of pyridine rings is 1. The van der Waals surface area contributed by atoms with Crippen molar-refractivity contribution >= 4 is 28.6 Å². The van der Waals surface area contributed by atoms with E-state index < -0.39 is 12.4 Å². The highest BCUT2D eigenvalue weighted by molar-refractivity contribution is 14.1. The number of ether oxygens (including phenoxy) is 2. The minimum Gasteiger partial charge on any atom is -0.481 e. The summed E-state index contributed by atoms with van der Waals surface area (Å²) >= 11 is 1.87. The van der Waals surface area contributed by atoms with Crippen molar-refractivity contribution in [2.24, 2.45) is 0 Å². The number of aromatic nitrogens is 1. The Morgan fingerprint density at radius 3 is 2.72 bits per heavy atom. The van der Waals surface area contributed by atoms with Crippen LogP contribution < -0.4 is 4.74 Å². The summed E-state index contributed by atoms with van der Waals surface area (Å²) in [6.45, 7) is 1.96. The number of rotatable bonds is 5. The Kier molecular flexibility index (Phi) is 5.70. The molecule has 0 N–H and O–H groups in total. The Morgan fingerprint density at radius 2 is 2.22 bits per heavy atom. The van der Waals surface area contributed by atoms with E-state index in [-0.39, 0.29) is 24.6 Å². The van der Waals surface area contributed by atoms with Crippen LogP contribution >= 0.6 is 22.6 Å². The number of methoxy groups -OCH3 is 1. The predicted octanol–water partition coefficient (Wildman–Crippen LogP) is 2.74. The first-order valence-corrected chi connectivity index (χ1v) is 6.24. The maximum Gasteiger partial charge on any atom is 0.310 e. The molecule has 0 aliphatic rings. The lowest BCUT2D eigenvalue weighted by Crippen LogP contribution is -2.11. The number of carbonyl (C=O) groups is 1. The molecule has 4 nitrogen and oxygen atoms in total. The third-order valence-electron chi connectivity index (χ3n) is 2.10. The lowest BCUT2D eigenvalue weighted by Gasteiger charge is -2.11. The van der Waals surface area contributed by atoms with Crippen molar-refractivity contribution in [2.75, 3.05) is 13.7 Å². The van der Waals surface area contributed by atoms with Gasteiger partial charge in [-0.2, -0.15) is 0 Å². The number of hydrogen-bond donors (Lipinski definition) is 0. The van der Waals surface area contributed by atoms with Gasteiger partial charge < -0.3 is 9.47 Å². The van der Waals surface area contributed by atoms with Crippen LogP contribution in [-0.2, 0) is 16.0 Å². The van der Waals surface area contributed by atoms with Crippen LogP contribution in [0, 0.1) is 3.57 Å². The first-order valence-electron chi connectivity index (χ1n) is 5.16. The van der Waals surface area contributed by atoms with Gasteiger partial charge in [0, 0.05) is 9.13 Å². The van der Waals surface area contributed by atoms with E-state index in [0.717, 1.165) is 0 Å². The van der Waals surface area contributed by atoms with Gasteiger partial charge in [0.1, 0.15) is 5.69 Å². The van der Waals surface area contributed by atoms with E-state index in [1.807, 2.05) is 22.6 Å². The van der Waals surface area contributed by atoms with Crippen molar-refractivity contribution in [1.29, 1.82) is 0 Å². The predicted molar refractivity (Wildman–Crippen MR) is 68.8 cm³/mol. The van der Waals surface area contributed by atoms with Crippen molar-refractivity contribution in [3.63, 3.8) is 0 Å². The molecule has 0 aliphatic carbocycles. The molecular weight excluding hydrogens is 359 g/mol. The van der Waals surface area contributed by atoms with Crippen LogP contribution in [0.5, 0.6) is 5.88 Å². The normalized spacial score (nSPS) is 10.6. The van der Waals surface area contributed by atoms with Gasteiger partial charge in [0.25, 0.3) is 6.43 Å². The summed E-state index contributed by atoms with van der Waals surface area (Å²) in [5.41, 5.74) is 0.0878. The van der Waals surface area contributed by atoms with E-state index in [4.69, 9.17) is 9.47 Å². The second kappa shape index (κ2) is 6.81. The molecule has 0 spiro atoms. The molecule has 0 aromatic carbocycles. The number of esters is 1. The van der Waals surface area contributed by atoms with Crippen LogP contribution in [0.4, 0.5) is 8.78 Å². The molecule has 0 saturated carbocycles. The van der Waals surface area contributed by atoms with E-state index in [0.29, 0.717) is 9.13 Å². The fourth-order valence-corrected chi connectivity index (χ4v) is 2.07. The van der Waals surface area contributed by atoms with E-state index in [1.165, 1.54) is 13.2 Å². The molecule has 18 heavy (non-hydrogen) atoms. The molecule has 100 valence electrons. The van der Waals surface area contributed by atoms with Crippen LogP contribution in [0.15, 0.2) is 6.07 Å². The van der Waals surface area contributed by atoms with Crippen LogP contribution in [-0.4, -0.2) is 24.7 Å². The molecule has 1 rings (SSSR count). The Hall–Kier alpha value is -0.990. The monoisotopic (exact) mass is 371 g/mol. The Labute approximate surface area is 117 Å². The van der Waals surface area contributed by atoms with Gasteiger partial charge in [-0.05, 0) is 35.6 Å². The summed E-state index contributed by atoms with van der Waals surface area (Å²) in [6, 6.07) is 1.24. The Bertz CT molecular complexity index is 441. The summed E-state index contributed by atoms with van der Waals surface area (Å²) in [5, 5.41) is 0. The molecule has 0 unspecified atom stereocenters. The molecule has 1 heterocycles. The maximum atomic E-state index is 12.6. The molecule has 0 amide bonds. The first-order chi connectivity index (χ1) is 8.49. The van der Waals surface area contributed by atoms with Gasteiger partial charge in [0.15, 0.2) is 0 Å². The second-order valence-corrected chi connectivity index (χ2v) is 4.46. The number of hydrogen-bond acceptors (Lipinski definition) is 4. The van der Waals surface area contributed by atoms with Gasteiger partial charge in [-0.1, -0.05) is 0 Å². The van der Waals surface area contributed by atoms with Crippen molar-refractivity contribution in [1.82, 2.24) is 4.98 Å². The summed E-state index contributed by atoms with van der Waals surface area (Å²) in [6.07, 6.45) is -2.73. The molecule has 0 fully saturated rings. The molecule has 0 radical (unpaired) electrons. The van der Waals surface area contributed by atoms with E-state index in [9.17, 15) is 13.6 Å². The standard InChI is InChI=1S/C11H12F2INO3/c1-3-18-9(16)4-6-7(14)5-8(10(12)13)15-11(6)17-2/h5,10H,3-4H2,1-2H3.